The molecule has 2 fully saturated rings. The average Bonchev–Trinajstić information content (AvgIpc) is 2.87. The molecule has 1 aliphatic heterocycles. The van der Waals surface area contributed by atoms with E-state index in [2.05, 4.69) is 24.0 Å². The second-order valence-electron chi connectivity index (χ2n) is 5.31. The van der Waals surface area contributed by atoms with E-state index in [1.54, 1.807) is 0 Å². The molecular formula is C12H20N2. The molecule has 5 unspecified atom stereocenters. The van der Waals surface area contributed by atoms with Gasteiger partial charge in [0.15, 0.2) is 0 Å². The average molecular weight is 192 g/mol. The van der Waals surface area contributed by atoms with E-state index in [-0.39, 0.29) is 0 Å². The first-order valence-corrected chi connectivity index (χ1v) is 5.92. The zero-order valence-electron chi connectivity index (χ0n) is 8.89. The molecule has 14 heavy (non-hydrogen) atoms. The Morgan fingerprint density at radius 3 is 2.36 bits per heavy atom. The molecule has 2 heteroatoms. The van der Waals surface area contributed by atoms with E-state index in [0.717, 1.165) is 30.2 Å². The number of nitrogens with two attached hydrogens (primary N) is 1. The van der Waals surface area contributed by atoms with Crippen molar-refractivity contribution in [3.05, 3.63) is 12.2 Å². The van der Waals surface area contributed by atoms with Gasteiger partial charge in [-0.15, -0.1) is 0 Å². The Kier molecular flexibility index (Phi) is 1.96. The highest BCUT2D eigenvalue weighted by molar-refractivity contribution is 5.16. The van der Waals surface area contributed by atoms with Crippen LogP contribution in [0.3, 0.4) is 0 Å². The molecule has 0 radical (unpaired) electrons. The first-order valence-electron chi connectivity index (χ1n) is 5.92. The summed E-state index contributed by atoms with van der Waals surface area (Å²) in [4.78, 5) is 2.60. The van der Waals surface area contributed by atoms with E-state index in [0.29, 0.717) is 6.04 Å². The number of hydrogen-bond donors (Lipinski definition) is 1. The van der Waals surface area contributed by atoms with E-state index in [1.807, 2.05) is 0 Å². The first kappa shape index (κ1) is 8.93. The second kappa shape index (κ2) is 3.07. The molecule has 1 heterocycles. The molecule has 3 rings (SSSR count). The maximum atomic E-state index is 5.73. The third-order valence-corrected chi connectivity index (χ3v) is 4.65. The molecule has 5 atom stereocenters. The van der Waals surface area contributed by atoms with Gasteiger partial charge in [-0.1, -0.05) is 12.2 Å². The summed E-state index contributed by atoms with van der Waals surface area (Å²) in [5, 5.41) is 0. The summed E-state index contributed by atoms with van der Waals surface area (Å²) in [7, 11) is 0. The minimum absolute atomic E-state index is 0.583. The fourth-order valence-electron chi connectivity index (χ4n) is 3.69. The molecular weight excluding hydrogens is 172 g/mol. The zero-order valence-corrected chi connectivity index (χ0v) is 8.89. The summed E-state index contributed by atoms with van der Waals surface area (Å²) < 4.78 is 0. The lowest BCUT2D eigenvalue weighted by atomic mass is 9.86. The van der Waals surface area contributed by atoms with Crippen molar-refractivity contribution in [2.24, 2.45) is 29.4 Å². The second-order valence-corrected chi connectivity index (χ2v) is 5.31. The van der Waals surface area contributed by atoms with Gasteiger partial charge in [0.2, 0.25) is 0 Å². The number of nitrogens with zero attached hydrogens (tertiary/aromatic N) is 1. The van der Waals surface area contributed by atoms with E-state index in [4.69, 9.17) is 5.73 Å². The normalized spacial score (nSPS) is 47.3. The maximum absolute atomic E-state index is 5.73. The predicted octanol–water partition coefficient (Wildman–Crippen LogP) is 1.09. The minimum Gasteiger partial charge on any atom is -0.329 e. The molecule has 2 N–H and O–H groups in total. The SMILES string of the molecule is CC(CN)N1CC2C3C=CC(C3)C2C1. The molecule has 2 nitrogen and oxygen atoms in total. The van der Waals surface area contributed by atoms with Gasteiger partial charge in [0, 0.05) is 25.7 Å². The molecule has 3 aliphatic rings. The van der Waals surface area contributed by atoms with Gasteiger partial charge in [0.1, 0.15) is 0 Å². The zero-order chi connectivity index (χ0) is 9.71. The lowest BCUT2D eigenvalue weighted by Crippen LogP contribution is -2.37. The van der Waals surface area contributed by atoms with Gasteiger partial charge in [-0.2, -0.15) is 0 Å². The van der Waals surface area contributed by atoms with Crippen LogP contribution in [0.25, 0.3) is 0 Å². The summed E-state index contributed by atoms with van der Waals surface area (Å²) in [6.07, 6.45) is 6.37. The largest absolute Gasteiger partial charge is 0.329 e. The van der Waals surface area contributed by atoms with Crippen LogP contribution in [0.4, 0.5) is 0 Å². The van der Waals surface area contributed by atoms with Crippen LogP contribution < -0.4 is 5.73 Å². The van der Waals surface area contributed by atoms with Crippen LogP contribution >= 0.6 is 0 Å². The molecule has 2 bridgehead atoms. The van der Waals surface area contributed by atoms with Crippen LogP contribution in [0.15, 0.2) is 12.2 Å². The summed E-state index contributed by atoms with van der Waals surface area (Å²) >= 11 is 0. The van der Waals surface area contributed by atoms with Crippen molar-refractivity contribution >= 4 is 0 Å². The molecule has 0 spiro atoms. The highest BCUT2D eigenvalue weighted by Crippen LogP contribution is 2.51. The highest BCUT2D eigenvalue weighted by Gasteiger charge is 2.49. The number of likely N-dealkylation sites (tertiary alicyclic amines) is 1. The molecule has 0 amide bonds. The molecule has 1 saturated carbocycles. The third kappa shape index (κ3) is 1.10. The smallest absolute Gasteiger partial charge is 0.0190 e. The van der Waals surface area contributed by atoms with Crippen molar-refractivity contribution < 1.29 is 0 Å². The summed E-state index contributed by atoms with van der Waals surface area (Å²) in [6, 6.07) is 0.583. The van der Waals surface area contributed by atoms with Crippen LogP contribution in [-0.2, 0) is 0 Å². The Hall–Kier alpha value is -0.340. The Labute approximate surface area is 86.1 Å². The van der Waals surface area contributed by atoms with Gasteiger partial charge >= 0.3 is 0 Å². The molecule has 0 aromatic heterocycles. The monoisotopic (exact) mass is 192 g/mol. The quantitative estimate of drug-likeness (QED) is 0.664. The summed E-state index contributed by atoms with van der Waals surface area (Å²) in [5.74, 6) is 3.72. The van der Waals surface area contributed by atoms with Crippen molar-refractivity contribution in [2.75, 3.05) is 19.6 Å². The van der Waals surface area contributed by atoms with Crippen molar-refractivity contribution in [1.29, 1.82) is 0 Å². The van der Waals surface area contributed by atoms with Crippen LogP contribution in [0.2, 0.25) is 0 Å². The summed E-state index contributed by atoms with van der Waals surface area (Å²) in [5.41, 5.74) is 5.73. The van der Waals surface area contributed by atoms with Gasteiger partial charge in [0.25, 0.3) is 0 Å². The fourth-order valence-corrected chi connectivity index (χ4v) is 3.69. The molecule has 0 aromatic rings. The van der Waals surface area contributed by atoms with Gasteiger partial charge < -0.3 is 5.73 Å². The van der Waals surface area contributed by atoms with Gasteiger partial charge in [-0.05, 0) is 37.0 Å². The van der Waals surface area contributed by atoms with E-state index in [9.17, 15) is 0 Å². The highest BCUT2D eigenvalue weighted by atomic mass is 15.2. The molecule has 1 saturated heterocycles. The van der Waals surface area contributed by atoms with Crippen molar-refractivity contribution in [2.45, 2.75) is 19.4 Å². The van der Waals surface area contributed by atoms with Crippen LogP contribution in [-0.4, -0.2) is 30.6 Å². The van der Waals surface area contributed by atoms with Crippen molar-refractivity contribution in [3.63, 3.8) is 0 Å². The van der Waals surface area contributed by atoms with Crippen molar-refractivity contribution in [3.8, 4) is 0 Å². The molecule has 78 valence electrons. The third-order valence-electron chi connectivity index (χ3n) is 4.65. The number of rotatable bonds is 2. The lowest BCUT2D eigenvalue weighted by molar-refractivity contribution is 0.236. The van der Waals surface area contributed by atoms with Crippen LogP contribution in [0.1, 0.15) is 13.3 Å². The minimum atomic E-state index is 0.583. The Bertz CT molecular complexity index is 241. The van der Waals surface area contributed by atoms with E-state index in [1.165, 1.54) is 19.5 Å². The predicted molar refractivity (Wildman–Crippen MR) is 57.8 cm³/mol. The number of fused-ring (bicyclic) bond motifs is 5. The Morgan fingerprint density at radius 2 is 1.86 bits per heavy atom. The van der Waals surface area contributed by atoms with Crippen molar-refractivity contribution in [1.82, 2.24) is 4.90 Å². The first-order chi connectivity index (χ1) is 6.79. The maximum Gasteiger partial charge on any atom is 0.0190 e. The topological polar surface area (TPSA) is 29.3 Å². The fraction of sp³-hybridized carbons (Fsp3) is 0.833. The van der Waals surface area contributed by atoms with Crippen LogP contribution in [0, 0.1) is 23.7 Å². The standard InChI is InChI=1S/C12H20N2/c1-8(5-13)14-6-11-9-2-3-10(4-9)12(11)7-14/h2-3,8-12H,4-7,13H2,1H3. The van der Waals surface area contributed by atoms with E-state index < -0.39 is 0 Å². The summed E-state index contributed by atoms with van der Waals surface area (Å²) in [6.45, 7) is 5.67. The molecule has 2 aliphatic carbocycles. The molecule has 0 aromatic carbocycles. The lowest BCUT2D eigenvalue weighted by Gasteiger charge is -2.24. The Balaban J connectivity index is 1.73. The van der Waals surface area contributed by atoms with Gasteiger partial charge in [-0.25, -0.2) is 0 Å². The number of hydrogen-bond acceptors (Lipinski definition) is 2. The van der Waals surface area contributed by atoms with Crippen LogP contribution in [0.5, 0.6) is 0 Å². The Morgan fingerprint density at radius 1 is 1.29 bits per heavy atom. The number of allylic oxidation sites excluding steroid dienone is 2. The van der Waals surface area contributed by atoms with Gasteiger partial charge in [0.05, 0.1) is 0 Å². The van der Waals surface area contributed by atoms with Gasteiger partial charge in [-0.3, -0.25) is 4.90 Å². The van der Waals surface area contributed by atoms with E-state index >= 15 is 0 Å².